The fourth-order valence-electron chi connectivity index (χ4n) is 3.53. The third-order valence-corrected chi connectivity index (χ3v) is 5.33. The maximum atomic E-state index is 12.5. The third-order valence-electron chi connectivity index (χ3n) is 5.04. The molecule has 4 nitrogen and oxygen atoms in total. The van der Waals surface area contributed by atoms with E-state index in [1.54, 1.807) is 10.8 Å². The first kappa shape index (κ1) is 22.4. The molecule has 0 aliphatic rings. The van der Waals surface area contributed by atoms with Crippen LogP contribution in [0.15, 0.2) is 91.3 Å². The lowest BCUT2D eigenvalue weighted by Gasteiger charge is -2.12. The summed E-state index contributed by atoms with van der Waals surface area (Å²) >= 11 is 5.73. The molecule has 0 aliphatic heterocycles. The number of nitrogens with one attached hydrogen (secondary N) is 1. The normalized spacial score (nSPS) is 11.9. The highest BCUT2D eigenvalue weighted by Gasteiger charge is 2.24. The zero-order valence-corrected chi connectivity index (χ0v) is 18.5. The molecule has 2 N–H and O–H groups in total. The van der Waals surface area contributed by atoms with Crippen molar-refractivity contribution in [2.45, 2.75) is 13.5 Å². The maximum Gasteiger partial charge on any atom is 0.387 e. The Balaban J connectivity index is 1.77. The van der Waals surface area contributed by atoms with Crippen LogP contribution in [-0.2, 0) is 0 Å². The van der Waals surface area contributed by atoms with Crippen molar-refractivity contribution in [2.75, 3.05) is 5.32 Å². The average molecular weight is 464 g/mol. The van der Waals surface area contributed by atoms with Gasteiger partial charge in [0.15, 0.2) is 23.1 Å². The number of anilines is 1. The van der Waals surface area contributed by atoms with Crippen LogP contribution in [0.5, 0.6) is 5.75 Å². The number of alkyl halides is 2. The Kier molecular flexibility index (Phi) is 6.60. The van der Waals surface area contributed by atoms with Crippen molar-refractivity contribution in [3.63, 3.8) is 0 Å². The van der Waals surface area contributed by atoms with Crippen LogP contribution in [0.25, 0.3) is 22.2 Å². The van der Waals surface area contributed by atoms with E-state index < -0.39 is 6.61 Å². The first-order valence-electron chi connectivity index (χ1n) is 10.2. The summed E-state index contributed by atoms with van der Waals surface area (Å²) in [6.07, 6.45) is 3.63. The van der Waals surface area contributed by atoms with Crippen molar-refractivity contribution < 1.29 is 23.2 Å². The topological polar surface area (TPSA) is 45.4 Å². The number of ether oxygens (including phenoxy) is 1. The molecule has 166 valence electrons. The summed E-state index contributed by atoms with van der Waals surface area (Å²) in [5.74, 6) is -0.102. The number of halogens is 2. The zero-order chi connectivity index (χ0) is 23.4. The number of aromatic nitrogens is 1. The van der Waals surface area contributed by atoms with Crippen LogP contribution in [-0.4, -0.2) is 16.7 Å². The molecule has 1 heterocycles. The Morgan fingerprint density at radius 1 is 0.970 bits per heavy atom. The van der Waals surface area contributed by atoms with E-state index in [-0.39, 0.29) is 11.5 Å². The molecule has 3 aromatic carbocycles. The summed E-state index contributed by atoms with van der Waals surface area (Å²) in [6, 6.07) is 23.3. The summed E-state index contributed by atoms with van der Waals surface area (Å²) in [5.41, 5.74) is 2.53. The minimum Gasteiger partial charge on any atom is -0.502 e. The Morgan fingerprint density at radius 2 is 1.70 bits per heavy atom. The molecule has 0 aliphatic carbocycles. The summed E-state index contributed by atoms with van der Waals surface area (Å²) in [6.45, 7) is -0.987. The second kappa shape index (κ2) is 9.75. The van der Waals surface area contributed by atoms with Gasteiger partial charge in [0.25, 0.3) is 5.70 Å². The fraction of sp³-hybridized carbons (Fsp3) is 0.0769. The van der Waals surface area contributed by atoms with Gasteiger partial charge in [0, 0.05) is 28.3 Å². The lowest BCUT2D eigenvalue weighted by Crippen LogP contribution is -2.38. The summed E-state index contributed by atoms with van der Waals surface area (Å²) in [7, 11) is 0. The number of rotatable bonds is 6. The van der Waals surface area contributed by atoms with Gasteiger partial charge in [-0.1, -0.05) is 48.6 Å². The van der Waals surface area contributed by atoms with Crippen molar-refractivity contribution >= 4 is 45.1 Å². The van der Waals surface area contributed by atoms with Crippen LogP contribution in [0.1, 0.15) is 11.1 Å². The molecule has 4 rings (SSSR count). The van der Waals surface area contributed by atoms with Crippen LogP contribution in [0.4, 0.5) is 14.5 Å². The molecule has 0 saturated carbocycles. The Labute approximate surface area is 195 Å². The van der Waals surface area contributed by atoms with Crippen LogP contribution >= 0.6 is 12.2 Å². The smallest absolute Gasteiger partial charge is 0.387 e. The summed E-state index contributed by atoms with van der Waals surface area (Å²) in [5, 5.41) is 16.5. The number of thiocarbonyl (C=S) groups is 1. The van der Waals surface area contributed by atoms with Gasteiger partial charge in [-0.3, -0.25) is 0 Å². The van der Waals surface area contributed by atoms with Crippen LogP contribution < -0.4 is 14.6 Å². The van der Waals surface area contributed by atoms with E-state index in [0.29, 0.717) is 16.2 Å². The van der Waals surface area contributed by atoms with Gasteiger partial charge >= 0.3 is 6.61 Å². The van der Waals surface area contributed by atoms with Gasteiger partial charge in [-0.2, -0.15) is 13.3 Å². The van der Waals surface area contributed by atoms with E-state index in [4.69, 9.17) is 12.2 Å². The number of hydrogen-bond acceptors (Lipinski definition) is 3. The number of benzene rings is 3. The predicted molar refractivity (Wildman–Crippen MR) is 130 cm³/mol. The third kappa shape index (κ3) is 5.15. The lowest BCUT2D eigenvalue weighted by molar-refractivity contribution is -0.576. The Hall–Kier alpha value is -3.84. The van der Waals surface area contributed by atoms with Crippen LogP contribution in [0.3, 0.4) is 0 Å². The van der Waals surface area contributed by atoms with Gasteiger partial charge in [0.2, 0.25) is 0 Å². The zero-order valence-electron chi connectivity index (χ0n) is 17.7. The largest absolute Gasteiger partial charge is 0.502 e. The van der Waals surface area contributed by atoms with Crippen molar-refractivity contribution in [1.82, 2.24) is 0 Å². The van der Waals surface area contributed by atoms with Gasteiger partial charge < -0.3 is 15.2 Å². The minimum atomic E-state index is -2.92. The van der Waals surface area contributed by atoms with Crippen molar-refractivity contribution in [3.8, 4) is 5.75 Å². The molecule has 0 bridgehead atoms. The second-order valence-corrected chi connectivity index (χ2v) is 7.78. The van der Waals surface area contributed by atoms with E-state index in [9.17, 15) is 13.9 Å². The van der Waals surface area contributed by atoms with E-state index in [2.05, 4.69) is 10.1 Å². The molecule has 0 amide bonds. The van der Waals surface area contributed by atoms with E-state index in [0.717, 1.165) is 22.0 Å². The van der Waals surface area contributed by atoms with Crippen LogP contribution in [0, 0.1) is 6.92 Å². The highest BCUT2D eigenvalue weighted by atomic mass is 32.1. The summed E-state index contributed by atoms with van der Waals surface area (Å²) in [4.78, 5) is 0.298. The molecule has 0 unspecified atom stereocenters. The van der Waals surface area contributed by atoms with E-state index in [1.807, 2.05) is 67.7 Å². The summed E-state index contributed by atoms with van der Waals surface area (Å²) < 4.78 is 31.1. The van der Waals surface area contributed by atoms with Gasteiger partial charge in [0.05, 0.1) is 0 Å². The lowest BCUT2D eigenvalue weighted by atomic mass is 10.1. The van der Waals surface area contributed by atoms with E-state index in [1.165, 1.54) is 24.3 Å². The molecule has 4 aromatic rings. The standard InChI is InChI=1S/C26H20F2N2O2S/c1-17-6-5-15-30(16-17)23(24(31)19-11-13-20(14-12-19)32-26(27)28)25(33)29-22-10-4-8-18-7-2-3-9-21(18)22/h2-16,26H,1H3,(H-,29,31,33)/p+1. The second-order valence-electron chi connectivity index (χ2n) is 7.37. The first-order chi connectivity index (χ1) is 15.9. The molecular formula is C26H21F2N2O2S+. The molecule has 0 fully saturated rings. The highest BCUT2D eigenvalue weighted by Crippen LogP contribution is 2.26. The molecule has 0 atom stereocenters. The van der Waals surface area contributed by atoms with E-state index >= 15 is 0 Å². The SMILES string of the molecule is Cc1ccc[n+](/C(C(=S)Nc2cccc3ccccc23)=C(/O)c2ccc(OC(F)F)cc2)c1. The number of aliphatic hydroxyl groups excluding tert-OH is 1. The van der Waals surface area contributed by atoms with Crippen molar-refractivity contribution in [3.05, 3.63) is 102 Å². The predicted octanol–water partition coefficient (Wildman–Crippen LogP) is 6.36. The number of hydrogen-bond donors (Lipinski definition) is 2. The quantitative estimate of drug-likeness (QED) is 0.151. The number of aliphatic hydroxyl groups is 1. The van der Waals surface area contributed by atoms with Crippen LogP contribution in [0.2, 0.25) is 0 Å². The monoisotopic (exact) mass is 463 g/mol. The minimum absolute atomic E-state index is 0.00256. The van der Waals surface area contributed by atoms with Crippen molar-refractivity contribution in [1.29, 1.82) is 0 Å². The molecule has 7 heteroatoms. The van der Waals surface area contributed by atoms with Gasteiger partial charge in [-0.15, -0.1) is 0 Å². The average Bonchev–Trinajstić information content (AvgIpc) is 2.79. The highest BCUT2D eigenvalue weighted by molar-refractivity contribution is 7.81. The number of pyridine rings is 1. The number of aryl methyl sites for hydroxylation is 1. The molecule has 0 saturated heterocycles. The van der Waals surface area contributed by atoms with Gasteiger partial charge in [-0.25, -0.2) is 0 Å². The molecule has 33 heavy (non-hydrogen) atoms. The molecular weight excluding hydrogens is 442 g/mol. The molecule has 0 radical (unpaired) electrons. The van der Waals surface area contributed by atoms with Gasteiger partial charge in [-0.05, 0) is 48.7 Å². The number of nitrogens with zero attached hydrogens (tertiary/aromatic N) is 1. The van der Waals surface area contributed by atoms with Gasteiger partial charge in [0.1, 0.15) is 5.75 Å². The maximum absolute atomic E-state index is 12.5. The molecule has 0 spiro atoms. The Bertz CT molecular complexity index is 1330. The number of fused-ring (bicyclic) bond motifs is 1. The van der Waals surface area contributed by atoms with Crippen molar-refractivity contribution in [2.24, 2.45) is 0 Å². The Morgan fingerprint density at radius 3 is 2.42 bits per heavy atom. The first-order valence-corrected chi connectivity index (χ1v) is 10.6. The fourth-order valence-corrected chi connectivity index (χ4v) is 3.84. The molecule has 1 aromatic heterocycles.